The van der Waals surface area contributed by atoms with Gasteiger partial charge in [0.2, 0.25) is 5.78 Å². The smallest absolute Gasteiger partial charge is 0.405 e. The highest BCUT2D eigenvalue weighted by Crippen LogP contribution is 2.27. The molecule has 7 heteroatoms. The van der Waals surface area contributed by atoms with Crippen molar-refractivity contribution < 1.29 is 22.7 Å². The number of carbonyl (C=O) groups excluding carboxylic acids is 1. The number of ether oxygens (including phenoxy) is 1. The third-order valence-corrected chi connectivity index (χ3v) is 2.54. The Balaban J connectivity index is 2.37. The molecule has 1 aromatic heterocycles. The van der Waals surface area contributed by atoms with Crippen molar-refractivity contribution in [3.05, 3.63) is 58.9 Å². The molecule has 0 saturated carbocycles. The zero-order chi connectivity index (χ0) is 14.8. The third kappa shape index (κ3) is 3.48. The van der Waals surface area contributed by atoms with Gasteiger partial charge in [0.15, 0.2) is 0 Å². The van der Waals surface area contributed by atoms with E-state index in [1.54, 1.807) is 0 Å². The van der Waals surface area contributed by atoms with E-state index in [0.29, 0.717) is 5.02 Å². The topological polar surface area (TPSA) is 39.2 Å². The van der Waals surface area contributed by atoms with E-state index in [2.05, 4.69) is 9.72 Å². The second kappa shape index (κ2) is 5.50. The standard InChI is InChI=1S/C13H7ClF3NO2/c14-8-5-6-10(18-7-8)12(19)9-3-1-2-4-11(9)20-13(15,16)17/h1-7H. The van der Waals surface area contributed by atoms with Crippen LogP contribution in [0.25, 0.3) is 0 Å². The minimum absolute atomic E-state index is 0.0207. The Labute approximate surface area is 117 Å². The van der Waals surface area contributed by atoms with E-state index in [4.69, 9.17) is 11.6 Å². The Bertz CT molecular complexity index is 626. The molecule has 104 valence electrons. The number of benzene rings is 1. The van der Waals surface area contributed by atoms with Crippen molar-refractivity contribution in [2.24, 2.45) is 0 Å². The summed E-state index contributed by atoms with van der Waals surface area (Å²) in [5.74, 6) is -1.25. The molecule has 0 N–H and O–H groups in total. The van der Waals surface area contributed by atoms with Crippen molar-refractivity contribution in [1.82, 2.24) is 4.98 Å². The highest BCUT2D eigenvalue weighted by atomic mass is 35.5. The number of ketones is 1. The van der Waals surface area contributed by atoms with Crippen LogP contribution in [0.2, 0.25) is 5.02 Å². The molecule has 0 aliphatic carbocycles. The molecule has 0 aliphatic heterocycles. The Hall–Kier alpha value is -2.08. The second-order valence-electron chi connectivity index (χ2n) is 3.73. The number of carbonyl (C=O) groups is 1. The first-order valence-electron chi connectivity index (χ1n) is 5.38. The predicted octanol–water partition coefficient (Wildman–Crippen LogP) is 3.86. The Morgan fingerprint density at radius 2 is 1.85 bits per heavy atom. The maximum Gasteiger partial charge on any atom is 0.573 e. The lowest BCUT2D eigenvalue weighted by Crippen LogP contribution is -2.19. The summed E-state index contributed by atoms with van der Waals surface area (Å²) < 4.78 is 40.6. The van der Waals surface area contributed by atoms with Gasteiger partial charge in [-0.2, -0.15) is 0 Å². The molecule has 0 saturated heterocycles. The summed E-state index contributed by atoms with van der Waals surface area (Å²) in [6, 6.07) is 7.83. The molecule has 3 nitrogen and oxygen atoms in total. The molecule has 0 spiro atoms. The number of aromatic nitrogens is 1. The Morgan fingerprint density at radius 3 is 2.45 bits per heavy atom. The zero-order valence-corrected chi connectivity index (χ0v) is 10.6. The molecule has 0 aliphatic rings. The molecule has 1 aromatic carbocycles. The maximum absolute atomic E-state index is 12.3. The maximum atomic E-state index is 12.3. The molecule has 2 aromatic rings. The van der Waals surface area contributed by atoms with Gasteiger partial charge < -0.3 is 4.74 Å². The lowest BCUT2D eigenvalue weighted by atomic mass is 10.1. The van der Waals surface area contributed by atoms with E-state index in [1.165, 1.54) is 36.5 Å². The molecule has 0 amide bonds. The summed E-state index contributed by atoms with van der Waals surface area (Å²) in [5, 5.41) is 0.321. The monoisotopic (exact) mass is 301 g/mol. The molecule has 0 atom stereocenters. The second-order valence-corrected chi connectivity index (χ2v) is 4.17. The number of alkyl halides is 3. The first-order chi connectivity index (χ1) is 9.37. The first-order valence-corrected chi connectivity index (χ1v) is 5.75. The van der Waals surface area contributed by atoms with E-state index in [9.17, 15) is 18.0 Å². The molecule has 0 bridgehead atoms. The van der Waals surface area contributed by atoms with Crippen LogP contribution in [0.1, 0.15) is 16.1 Å². The van der Waals surface area contributed by atoms with Gasteiger partial charge in [-0.3, -0.25) is 9.78 Å². The fourth-order valence-corrected chi connectivity index (χ4v) is 1.63. The normalized spacial score (nSPS) is 11.2. The summed E-state index contributed by atoms with van der Waals surface area (Å²) in [6.45, 7) is 0. The van der Waals surface area contributed by atoms with Crippen molar-refractivity contribution in [3.8, 4) is 5.75 Å². The number of rotatable bonds is 3. The lowest BCUT2D eigenvalue weighted by Gasteiger charge is -2.12. The summed E-state index contributed by atoms with van der Waals surface area (Å²) in [5.41, 5.74) is -0.243. The fraction of sp³-hybridized carbons (Fsp3) is 0.0769. The molecule has 1 heterocycles. The minimum Gasteiger partial charge on any atom is -0.405 e. The van der Waals surface area contributed by atoms with E-state index >= 15 is 0 Å². The van der Waals surface area contributed by atoms with Crippen LogP contribution in [0, 0.1) is 0 Å². The largest absolute Gasteiger partial charge is 0.573 e. The summed E-state index contributed by atoms with van der Waals surface area (Å²) >= 11 is 5.63. The average molecular weight is 302 g/mol. The summed E-state index contributed by atoms with van der Waals surface area (Å²) in [7, 11) is 0. The van der Waals surface area contributed by atoms with Crippen molar-refractivity contribution in [3.63, 3.8) is 0 Å². The van der Waals surface area contributed by atoms with Crippen LogP contribution in [0.15, 0.2) is 42.6 Å². The van der Waals surface area contributed by atoms with Crippen LogP contribution in [0.3, 0.4) is 0 Å². The van der Waals surface area contributed by atoms with E-state index in [1.807, 2.05) is 0 Å². The SMILES string of the molecule is O=C(c1ccc(Cl)cn1)c1ccccc1OC(F)(F)F. The van der Waals surface area contributed by atoms with Gasteiger partial charge in [-0.25, -0.2) is 0 Å². The molecule has 20 heavy (non-hydrogen) atoms. The van der Waals surface area contributed by atoms with Gasteiger partial charge in [-0.05, 0) is 24.3 Å². The van der Waals surface area contributed by atoms with E-state index < -0.39 is 17.9 Å². The van der Waals surface area contributed by atoms with Gasteiger partial charge in [0.1, 0.15) is 11.4 Å². The Morgan fingerprint density at radius 1 is 1.15 bits per heavy atom. The molecular weight excluding hydrogens is 295 g/mol. The summed E-state index contributed by atoms with van der Waals surface area (Å²) in [6.07, 6.45) is -3.63. The number of pyridine rings is 1. The predicted molar refractivity (Wildman–Crippen MR) is 65.8 cm³/mol. The van der Waals surface area contributed by atoms with Gasteiger partial charge in [0.25, 0.3) is 0 Å². The number of hydrogen-bond acceptors (Lipinski definition) is 3. The highest BCUT2D eigenvalue weighted by molar-refractivity contribution is 6.30. The van der Waals surface area contributed by atoms with Gasteiger partial charge in [-0.15, -0.1) is 13.2 Å². The third-order valence-electron chi connectivity index (χ3n) is 2.32. The van der Waals surface area contributed by atoms with Crippen LogP contribution >= 0.6 is 11.6 Å². The van der Waals surface area contributed by atoms with Gasteiger partial charge in [0, 0.05) is 6.20 Å². The fourth-order valence-electron chi connectivity index (χ4n) is 1.52. The number of para-hydroxylation sites is 1. The molecule has 0 unspecified atom stereocenters. The van der Waals surface area contributed by atoms with Crippen LogP contribution in [-0.2, 0) is 0 Å². The van der Waals surface area contributed by atoms with Crippen molar-refractivity contribution in [1.29, 1.82) is 0 Å². The summed E-state index contributed by atoms with van der Waals surface area (Å²) in [4.78, 5) is 15.9. The lowest BCUT2D eigenvalue weighted by molar-refractivity contribution is -0.274. The minimum atomic E-state index is -4.87. The number of hydrogen-bond donors (Lipinski definition) is 0. The molecule has 2 rings (SSSR count). The molecular formula is C13H7ClF3NO2. The van der Waals surface area contributed by atoms with Gasteiger partial charge >= 0.3 is 6.36 Å². The van der Waals surface area contributed by atoms with E-state index in [-0.39, 0.29) is 11.3 Å². The molecule has 0 fully saturated rings. The van der Waals surface area contributed by atoms with Crippen LogP contribution in [0.4, 0.5) is 13.2 Å². The first kappa shape index (κ1) is 14.3. The average Bonchev–Trinajstić information content (AvgIpc) is 2.37. The highest BCUT2D eigenvalue weighted by Gasteiger charge is 2.33. The zero-order valence-electron chi connectivity index (χ0n) is 9.82. The van der Waals surface area contributed by atoms with Crippen molar-refractivity contribution in [2.45, 2.75) is 6.36 Å². The van der Waals surface area contributed by atoms with Crippen molar-refractivity contribution >= 4 is 17.4 Å². The number of nitrogens with zero attached hydrogens (tertiary/aromatic N) is 1. The Kier molecular flexibility index (Phi) is 3.94. The van der Waals surface area contributed by atoms with Crippen LogP contribution < -0.4 is 4.74 Å². The van der Waals surface area contributed by atoms with Crippen LogP contribution in [0.5, 0.6) is 5.75 Å². The quantitative estimate of drug-likeness (QED) is 0.808. The number of halogens is 4. The van der Waals surface area contributed by atoms with Crippen LogP contribution in [-0.4, -0.2) is 17.1 Å². The van der Waals surface area contributed by atoms with E-state index in [0.717, 1.165) is 6.07 Å². The molecule has 0 radical (unpaired) electrons. The van der Waals surface area contributed by atoms with Gasteiger partial charge in [0.05, 0.1) is 10.6 Å². The van der Waals surface area contributed by atoms with Gasteiger partial charge in [-0.1, -0.05) is 23.7 Å². The van der Waals surface area contributed by atoms with Crippen molar-refractivity contribution in [2.75, 3.05) is 0 Å².